The highest BCUT2D eigenvalue weighted by Gasteiger charge is 2.42. The molecule has 2 atom stereocenters. The molecule has 1 aliphatic carbocycles. The summed E-state index contributed by atoms with van der Waals surface area (Å²) in [7, 11) is 0. The van der Waals surface area contributed by atoms with Gasteiger partial charge in [-0.3, -0.25) is 0 Å². The van der Waals surface area contributed by atoms with Crippen LogP contribution >= 0.6 is 0 Å². The average Bonchev–Trinajstić information content (AvgIpc) is 2.72. The van der Waals surface area contributed by atoms with E-state index in [0.29, 0.717) is 6.42 Å². The predicted octanol–water partition coefficient (Wildman–Crippen LogP) is 3.11. The Bertz CT molecular complexity index is 627. The zero-order valence-electron chi connectivity index (χ0n) is 11.5. The molecule has 2 unspecified atom stereocenters. The van der Waals surface area contributed by atoms with Gasteiger partial charge in [-0.05, 0) is 29.2 Å². The molecule has 0 saturated carbocycles. The second-order valence-corrected chi connectivity index (χ2v) is 5.56. The molecule has 0 aliphatic heterocycles. The highest BCUT2D eigenvalue weighted by atomic mass is 16.3. The lowest BCUT2D eigenvalue weighted by Crippen LogP contribution is -2.35. The van der Waals surface area contributed by atoms with Crippen molar-refractivity contribution in [1.29, 1.82) is 0 Å². The first-order valence-electron chi connectivity index (χ1n) is 6.84. The molecule has 0 saturated heterocycles. The van der Waals surface area contributed by atoms with Crippen molar-refractivity contribution in [2.24, 2.45) is 0 Å². The molecular weight excluding hydrogens is 248 g/mol. The van der Waals surface area contributed by atoms with Gasteiger partial charge in [0, 0.05) is 6.42 Å². The van der Waals surface area contributed by atoms with Crippen LogP contribution in [0.2, 0.25) is 0 Å². The van der Waals surface area contributed by atoms with Gasteiger partial charge in [-0.15, -0.1) is 0 Å². The molecule has 2 aromatic rings. The minimum atomic E-state index is -1.11. The molecule has 2 heteroatoms. The molecule has 0 heterocycles. The fourth-order valence-corrected chi connectivity index (χ4v) is 2.87. The van der Waals surface area contributed by atoms with Gasteiger partial charge < -0.3 is 10.2 Å². The average molecular weight is 266 g/mol. The third kappa shape index (κ3) is 2.17. The predicted molar refractivity (Wildman–Crippen MR) is 80.9 cm³/mol. The Kier molecular flexibility index (Phi) is 3.20. The largest absolute Gasteiger partial charge is 0.387 e. The number of rotatable bonds is 2. The minimum Gasteiger partial charge on any atom is -0.387 e. The Hall–Kier alpha value is -1.90. The molecule has 0 radical (unpaired) electrons. The molecular formula is C18H18O2. The topological polar surface area (TPSA) is 40.5 Å². The molecule has 2 N–H and O–H groups in total. The summed E-state index contributed by atoms with van der Waals surface area (Å²) in [5.74, 6) is 0. The maximum absolute atomic E-state index is 10.5. The normalized spacial score (nSPS) is 26.1. The van der Waals surface area contributed by atoms with E-state index in [2.05, 4.69) is 0 Å². The van der Waals surface area contributed by atoms with Crippen molar-refractivity contribution in [1.82, 2.24) is 0 Å². The Morgan fingerprint density at radius 1 is 0.900 bits per heavy atom. The maximum Gasteiger partial charge on any atom is 0.109 e. The highest BCUT2D eigenvalue weighted by Crippen LogP contribution is 2.45. The SMILES string of the molecule is CC1(O)CC(c2ccccc2)=C(c2ccccc2)C1O. The highest BCUT2D eigenvalue weighted by molar-refractivity contribution is 5.96. The van der Waals surface area contributed by atoms with Crippen LogP contribution in [0.4, 0.5) is 0 Å². The van der Waals surface area contributed by atoms with E-state index in [1.54, 1.807) is 6.92 Å². The summed E-state index contributed by atoms with van der Waals surface area (Å²) in [5, 5.41) is 20.9. The summed E-state index contributed by atoms with van der Waals surface area (Å²) in [6, 6.07) is 19.8. The van der Waals surface area contributed by atoms with Crippen LogP contribution in [0.15, 0.2) is 60.7 Å². The van der Waals surface area contributed by atoms with E-state index < -0.39 is 11.7 Å². The van der Waals surface area contributed by atoms with Gasteiger partial charge in [-0.1, -0.05) is 60.7 Å². The van der Waals surface area contributed by atoms with Crippen molar-refractivity contribution in [3.63, 3.8) is 0 Å². The van der Waals surface area contributed by atoms with Crippen LogP contribution in [0.1, 0.15) is 24.5 Å². The fourth-order valence-electron chi connectivity index (χ4n) is 2.87. The van der Waals surface area contributed by atoms with Gasteiger partial charge in [0.2, 0.25) is 0 Å². The van der Waals surface area contributed by atoms with Crippen molar-refractivity contribution >= 4 is 11.1 Å². The Morgan fingerprint density at radius 3 is 1.95 bits per heavy atom. The third-order valence-electron chi connectivity index (χ3n) is 3.93. The zero-order valence-corrected chi connectivity index (χ0v) is 11.5. The molecule has 102 valence electrons. The lowest BCUT2D eigenvalue weighted by molar-refractivity contribution is -0.0207. The molecule has 0 amide bonds. The summed E-state index contributed by atoms with van der Waals surface area (Å²) in [6.07, 6.45) is -0.400. The molecule has 1 aliphatic rings. The van der Waals surface area contributed by atoms with Crippen molar-refractivity contribution in [2.75, 3.05) is 0 Å². The fraction of sp³-hybridized carbons (Fsp3) is 0.222. The quantitative estimate of drug-likeness (QED) is 0.876. The van der Waals surface area contributed by atoms with Crippen LogP contribution in [0.5, 0.6) is 0 Å². The third-order valence-corrected chi connectivity index (χ3v) is 3.93. The van der Waals surface area contributed by atoms with E-state index in [4.69, 9.17) is 0 Å². The smallest absolute Gasteiger partial charge is 0.109 e. The summed E-state index contributed by atoms with van der Waals surface area (Å²) < 4.78 is 0. The van der Waals surface area contributed by atoms with Crippen LogP contribution < -0.4 is 0 Å². The Morgan fingerprint density at radius 2 is 1.40 bits per heavy atom. The van der Waals surface area contributed by atoms with Gasteiger partial charge >= 0.3 is 0 Å². The summed E-state index contributed by atoms with van der Waals surface area (Å²) in [4.78, 5) is 0. The molecule has 20 heavy (non-hydrogen) atoms. The molecule has 3 rings (SSSR count). The van der Waals surface area contributed by atoms with Crippen LogP contribution in [-0.4, -0.2) is 21.9 Å². The van der Waals surface area contributed by atoms with Crippen LogP contribution in [0.3, 0.4) is 0 Å². The number of aliphatic hydroxyl groups excluding tert-OH is 1. The van der Waals surface area contributed by atoms with Gasteiger partial charge in [0.15, 0.2) is 0 Å². The van der Waals surface area contributed by atoms with E-state index in [1.165, 1.54) is 0 Å². The Labute approximate surface area is 119 Å². The van der Waals surface area contributed by atoms with Gasteiger partial charge in [0.25, 0.3) is 0 Å². The maximum atomic E-state index is 10.5. The molecule has 0 spiro atoms. The number of hydrogen-bond acceptors (Lipinski definition) is 2. The second kappa shape index (κ2) is 4.89. The summed E-state index contributed by atoms with van der Waals surface area (Å²) >= 11 is 0. The first kappa shape index (κ1) is 13.1. The molecule has 2 aromatic carbocycles. The first-order chi connectivity index (χ1) is 9.59. The standard InChI is InChI=1S/C18H18O2/c1-18(20)12-15(13-8-4-2-5-9-13)16(17(18)19)14-10-6-3-7-11-14/h2-11,17,19-20H,12H2,1H3. The monoisotopic (exact) mass is 266 g/mol. The lowest BCUT2D eigenvalue weighted by Gasteiger charge is -2.23. The van der Waals surface area contributed by atoms with Crippen molar-refractivity contribution in [3.8, 4) is 0 Å². The van der Waals surface area contributed by atoms with Gasteiger partial charge in [-0.2, -0.15) is 0 Å². The molecule has 0 aromatic heterocycles. The number of benzene rings is 2. The van der Waals surface area contributed by atoms with Crippen molar-refractivity contribution in [2.45, 2.75) is 25.0 Å². The van der Waals surface area contributed by atoms with Crippen LogP contribution in [0, 0.1) is 0 Å². The van der Waals surface area contributed by atoms with E-state index in [-0.39, 0.29) is 0 Å². The lowest BCUT2D eigenvalue weighted by atomic mass is 9.95. The van der Waals surface area contributed by atoms with Gasteiger partial charge in [0.1, 0.15) is 6.10 Å². The van der Waals surface area contributed by atoms with Crippen molar-refractivity contribution < 1.29 is 10.2 Å². The number of hydrogen-bond donors (Lipinski definition) is 2. The van der Waals surface area contributed by atoms with E-state index in [9.17, 15) is 10.2 Å². The first-order valence-corrected chi connectivity index (χ1v) is 6.84. The number of aliphatic hydroxyl groups is 2. The van der Waals surface area contributed by atoms with E-state index >= 15 is 0 Å². The second-order valence-electron chi connectivity index (χ2n) is 5.56. The minimum absolute atomic E-state index is 0.461. The van der Waals surface area contributed by atoms with E-state index in [1.807, 2.05) is 60.7 Å². The molecule has 0 bridgehead atoms. The van der Waals surface area contributed by atoms with Crippen LogP contribution in [-0.2, 0) is 0 Å². The summed E-state index contributed by atoms with van der Waals surface area (Å²) in [5.41, 5.74) is 2.77. The van der Waals surface area contributed by atoms with Crippen LogP contribution in [0.25, 0.3) is 11.1 Å². The van der Waals surface area contributed by atoms with E-state index in [0.717, 1.165) is 22.3 Å². The molecule has 2 nitrogen and oxygen atoms in total. The summed E-state index contributed by atoms with van der Waals surface area (Å²) in [6.45, 7) is 1.69. The molecule has 0 fully saturated rings. The van der Waals surface area contributed by atoms with Crippen molar-refractivity contribution in [3.05, 3.63) is 71.8 Å². The zero-order chi connectivity index (χ0) is 14.2. The Balaban J connectivity index is 2.17. The van der Waals surface area contributed by atoms with Gasteiger partial charge in [0.05, 0.1) is 5.60 Å². The van der Waals surface area contributed by atoms with Gasteiger partial charge in [-0.25, -0.2) is 0 Å².